The quantitative estimate of drug-likeness (QED) is 0.164. The molecule has 34 heavy (non-hydrogen) atoms. The Balaban J connectivity index is 0.00000241. The molecule has 6 heteroatoms. The van der Waals surface area contributed by atoms with Crippen molar-refractivity contribution in [3.63, 3.8) is 0 Å². The van der Waals surface area contributed by atoms with Crippen molar-refractivity contribution in [2.24, 2.45) is 0 Å². The maximum absolute atomic E-state index is 4.61. The van der Waals surface area contributed by atoms with E-state index in [2.05, 4.69) is 81.2 Å². The summed E-state index contributed by atoms with van der Waals surface area (Å²) in [5.74, 6) is 1.73. The Morgan fingerprint density at radius 3 is 2.59 bits per heavy atom. The Morgan fingerprint density at radius 2 is 1.76 bits per heavy atom. The SMILES string of the molecule is CN1C=CN(c2[c-]c(CSc3[c-]c4c(cc3)c3ccccc3n4-c3ccccn3)ccc2)[CH-]1.[Pt]. The van der Waals surface area contributed by atoms with Gasteiger partial charge in [0.15, 0.2) is 0 Å². The number of para-hydroxylation sites is 1. The number of aromatic nitrogens is 2. The van der Waals surface area contributed by atoms with Gasteiger partial charge in [0.1, 0.15) is 5.82 Å². The van der Waals surface area contributed by atoms with Crippen molar-refractivity contribution >= 4 is 39.3 Å². The molecule has 0 spiro atoms. The van der Waals surface area contributed by atoms with Gasteiger partial charge in [-0.15, -0.1) is 22.0 Å². The van der Waals surface area contributed by atoms with E-state index in [1.165, 1.54) is 10.8 Å². The van der Waals surface area contributed by atoms with Gasteiger partial charge in [-0.1, -0.05) is 29.8 Å². The number of benzene rings is 3. The molecule has 3 aromatic carbocycles. The van der Waals surface area contributed by atoms with Crippen LogP contribution in [0.15, 0.2) is 96.3 Å². The smallest absolute Gasteiger partial charge is 0.135 e. The zero-order valence-corrected chi connectivity index (χ0v) is 21.5. The standard InChI is InChI=1S/C28H21N4S.Pt/c1-30-15-16-31(20-30)22-8-6-7-21(17-22)19-33-23-12-13-25-24-9-2-3-10-26(24)32(27(25)18-23)28-11-4-5-14-29-28;/h2-16,20H,19H2,1H3;/q-3;. The van der Waals surface area contributed by atoms with Crippen molar-refractivity contribution in [3.8, 4) is 5.82 Å². The second-order valence-corrected chi connectivity index (χ2v) is 8.98. The molecule has 0 saturated carbocycles. The fourth-order valence-electron chi connectivity index (χ4n) is 4.17. The second kappa shape index (κ2) is 9.69. The number of thioether (sulfide) groups is 1. The molecule has 0 unspecified atom stereocenters. The van der Waals surface area contributed by atoms with Crippen LogP contribution in [0, 0.1) is 18.8 Å². The summed E-state index contributed by atoms with van der Waals surface area (Å²) in [6.45, 7) is 2.04. The number of pyridine rings is 1. The summed E-state index contributed by atoms with van der Waals surface area (Å²) in [4.78, 5) is 9.83. The number of fused-ring (bicyclic) bond motifs is 3. The first-order valence-corrected chi connectivity index (χ1v) is 11.8. The van der Waals surface area contributed by atoms with Gasteiger partial charge in [-0.3, -0.25) is 0 Å². The Kier molecular flexibility index (Phi) is 6.49. The first-order valence-electron chi connectivity index (χ1n) is 10.8. The molecule has 1 aliphatic rings. The molecule has 0 fully saturated rings. The fraction of sp³-hybridized carbons (Fsp3) is 0.0714. The molecule has 2 aromatic heterocycles. The molecule has 0 N–H and O–H groups in total. The molecule has 4 nitrogen and oxygen atoms in total. The van der Waals surface area contributed by atoms with Crippen LogP contribution in [0.3, 0.4) is 0 Å². The zero-order valence-electron chi connectivity index (χ0n) is 18.5. The van der Waals surface area contributed by atoms with Crippen molar-refractivity contribution < 1.29 is 21.1 Å². The van der Waals surface area contributed by atoms with E-state index >= 15 is 0 Å². The average molecular weight is 641 g/mol. The molecule has 6 rings (SSSR count). The van der Waals surface area contributed by atoms with E-state index < -0.39 is 0 Å². The normalized spacial score (nSPS) is 13.1. The third-order valence-electron chi connectivity index (χ3n) is 5.71. The third kappa shape index (κ3) is 4.26. The molecular formula is C28H21N4PtS-3. The maximum atomic E-state index is 4.61. The molecule has 0 saturated heterocycles. The summed E-state index contributed by atoms with van der Waals surface area (Å²) >= 11 is 1.78. The number of rotatable bonds is 5. The minimum Gasteiger partial charge on any atom is -0.510 e. The van der Waals surface area contributed by atoms with Crippen molar-refractivity contribution in [1.29, 1.82) is 0 Å². The van der Waals surface area contributed by atoms with E-state index in [-0.39, 0.29) is 21.1 Å². The van der Waals surface area contributed by atoms with E-state index in [1.54, 1.807) is 11.8 Å². The van der Waals surface area contributed by atoms with Gasteiger partial charge in [-0.25, -0.2) is 4.98 Å². The molecular weight excluding hydrogens is 619 g/mol. The number of anilines is 1. The van der Waals surface area contributed by atoms with Gasteiger partial charge in [0, 0.05) is 32.8 Å². The first-order chi connectivity index (χ1) is 16.3. The molecule has 0 aliphatic carbocycles. The van der Waals surface area contributed by atoms with E-state index in [0.29, 0.717) is 0 Å². The molecule has 0 bridgehead atoms. The van der Waals surface area contributed by atoms with Crippen LogP contribution in [0.5, 0.6) is 0 Å². The Labute approximate surface area is 218 Å². The van der Waals surface area contributed by atoms with Crippen molar-refractivity contribution in [2.75, 3.05) is 11.9 Å². The van der Waals surface area contributed by atoms with Crippen LogP contribution in [0.2, 0.25) is 0 Å². The first kappa shape index (κ1) is 22.8. The van der Waals surface area contributed by atoms with Gasteiger partial charge < -0.3 is 14.4 Å². The summed E-state index contributed by atoms with van der Waals surface area (Å²) < 4.78 is 2.20. The van der Waals surface area contributed by atoms with Crippen molar-refractivity contribution in [1.82, 2.24) is 14.5 Å². The van der Waals surface area contributed by atoms with Gasteiger partial charge in [0.2, 0.25) is 0 Å². The van der Waals surface area contributed by atoms with Crippen LogP contribution in [0.1, 0.15) is 5.56 Å². The molecule has 5 aromatic rings. The maximum Gasteiger partial charge on any atom is 0.135 e. The van der Waals surface area contributed by atoms with Gasteiger partial charge in [0.05, 0.1) is 0 Å². The van der Waals surface area contributed by atoms with Crippen molar-refractivity contribution in [3.05, 3.63) is 116 Å². The Morgan fingerprint density at radius 1 is 0.882 bits per heavy atom. The van der Waals surface area contributed by atoms with Crippen LogP contribution in [-0.2, 0) is 26.8 Å². The van der Waals surface area contributed by atoms with Crippen LogP contribution < -0.4 is 4.90 Å². The number of nitrogens with zero attached hydrogens (tertiary/aromatic N) is 4. The topological polar surface area (TPSA) is 24.3 Å². The fourth-order valence-corrected chi connectivity index (χ4v) is 4.98. The summed E-state index contributed by atoms with van der Waals surface area (Å²) in [5.41, 5.74) is 4.40. The number of hydrogen-bond donors (Lipinski definition) is 0. The average Bonchev–Trinajstić information content (AvgIpc) is 3.44. The van der Waals surface area contributed by atoms with E-state index in [1.807, 2.05) is 55.4 Å². The third-order valence-corrected chi connectivity index (χ3v) is 6.71. The van der Waals surface area contributed by atoms with E-state index in [4.69, 9.17) is 0 Å². The monoisotopic (exact) mass is 640 g/mol. The Bertz CT molecular complexity index is 1480. The predicted octanol–water partition coefficient (Wildman–Crippen LogP) is 6.41. The second-order valence-electron chi connectivity index (χ2n) is 7.96. The molecule has 0 amide bonds. The minimum absolute atomic E-state index is 0. The number of hydrogen-bond acceptors (Lipinski definition) is 4. The molecule has 0 radical (unpaired) electrons. The van der Waals surface area contributed by atoms with Gasteiger partial charge in [-0.05, 0) is 48.8 Å². The van der Waals surface area contributed by atoms with Crippen molar-refractivity contribution in [2.45, 2.75) is 10.6 Å². The largest absolute Gasteiger partial charge is 0.510 e. The molecule has 0 atom stereocenters. The molecule has 172 valence electrons. The van der Waals surface area contributed by atoms with E-state index in [0.717, 1.165) is 38.8 Å². The van der Waals surface area contributed by atoms with Gasteiger partial charge in [0.25, 0.3) is 0 Å². The predicted molar refractivity (Wildman–Crippen MR) is 136 cm³/mol. The molecule has 1 aliphatic heterocycles. The summed E-state index contributed by atoms with van der Waals surface area (Å²) in [6.07, 6.45) is 5.91. The van der Waals surface area contributed by atoms with Gasteiger partial charge >= 0.3 is 0 Å². The van der Waals surface area contributed by atoms with Gasteiger partial charge in [-0.2, -0.15) is 60.4 Å². The summed E-state index contributed by atoms with van der Waals surface area (Å²) in [7, 11) is 2.02. The van der Waals surface area contributed by atoms with Crippen LogP contribution in [0.25, 0.3) is 27.6 Å². The van der Waals surface area contributed by atoms with Crippen LogP contribution in [0.4, 0.5) is 5.69 Å². The van der Waals surface area contributed by atoms with Crippen LogP contribution >= 0.6 is 11.8 Å². The summed E-state index contributed by atoms with van der Waals surface area (Å²) in [6, 6.07) is 32.4. The Hall–Kier alpha value is -3.01. The van der Waals surface area contributed by atoms with Crippen LogP contribution in [-0.4, -0.2) is 21.5 Å². The summed E-state index contributed by atoms with van der Waals surface area (Å²) in [5, 5.41) is 2.40. The zero-order chi connectivity index (χ0) is 22.2. The molecule has 3 heterocycles. The van der Waals surface area contributed by atoms with E-state index in [9.17, 15) is 0 Å². The minimum atomic E-state index is 0.